The smallest absolute Gasteiger partial charge is 0.254 e. The van der Waals surface area contributed by atoms with Crippen molar-refractivity contribution in [1.82, 2.24) is 9.88 Å². The third-order valence-electron chi connectivity index (χ3n) is 3.24. The number of carbonyl (C=O) groups is 1. The first-order chi connectivity index (χ1) is 9.67. The Morgan fingerprint density at radius 3 is 2.80 bits per heavy atom. The Hall–Kier alpha value is -2.14. The highest BCUT2D eigenvalue weighted by atomic mass is 16.3. The number of aromatic amines is 1. The molecule has 2 N–H and O–H groups in total. The van der Waals surface area contributed by atoms with Crippen molar-refractivity contribution < 1.29 is 9.90 Å². The quantitative estimate of drug-likeness (QED) is 0.865. The summed E-state index contributed by atoms with van der Waals surface area (Å²) in [4.78, 5) is 28.6. The third kappa shape index (κ3) is 2.88. The molecule has 1 amide bonds. The topological polar surface area (TPSA) is 73.4 Å². The SMILES string of the molecule is CCN(CCCO)C(=O)c1cc(=O)[nH]c2ccccc12. The van der Waals surface area contributed by atoms with E-state index in [0.717, 1.165) is 5.39 Å². The van der Waals surface area contributed by atoms with Gasteiger partial charge in [0.1, 0.15) is 0 Å². The molecule has 1 aromatic carbocycles. The van der Waals surface area contributed by atoms with Crippen molar-refractivity contribution in [2.75, 3.05) is 19.7 Å². The number of para-hydroxylation sites is 1. The molecule has 2 aromatic rings. The highest BCUT2D eigenvalue weighted by molar-refractivity contribution is 6.05. The van der Waals surface area contributed by atoms with Crippen LogP contribution in [0.15, 0.2) is 35.1 Å². The fourth-order valence-corrected chi connectivity index (χ4v) is 2.22. The van der Waals surface area contributed by atoms with E-state index in [0.29, 0.717) is 30.6 Å². The van der Waals surface area contributed by atoms with E-state index in [9.17, 15) is 9.59 Å². The molecule has 0 aliphatic rings. The second-order valence-corrected chi connectivity index (χ2v) is 4.55. The van der Waals surface area contributed by atoms with E-state index in [1.54, 1.807) is 11.0 Å². The predicted molar refractivity (Wildman–Crippen MR) is 77.8 cm³/mol. The molecule has 106 valence electrons. The Bertz CT molecular complexity index is 663. The van der Waals surface area contributed by atoms with E-state index in [1.807, 2.05) is 25.1 Å². The highest BCUT2D eigenvalue weighted by Gasteiger charge is 2.17. The van der Waals surface area contributed by atoms with Crippen LogP contribution in [0.4, 0.5) is 0 Å². The molecule has 0 unspecified atom stereocenters. The van der Waals surface area contributed by atoms with Gasteiger partial charge in [0.2, 0.25) is 5.56 Å². The van der Waals surface area contributed by atoms with Gasteiger partial charge in [0.25, 0.3) is 5.91 Å². The highest BCUT2D eigenvalue weighted by Crippen LogP contribution is 2.16. The van der Waals surface area contributed by atoms with Crippen LogP contribution in [0.1, 0.15) is 23.7 Å². The van der Waals surface area contributed by atoms with Gasteiger partial charge in [-0.3, -0.25) is 9.59 Å². The van der Waals surface area contributed by atoms with Gasteiger partial charge in [-0.05, 0) is 19.4 Å². The molecule has 1 heterocycles. The van der Waals surface area contributed by atoms with Crippen molar-refractivity contribution in [3.05, 3.63) is 46.2 Å². The van der Waals surface area contributed by atoms with Crippen LogP contribution in [-0.2, 0) is 0 Å². The van der Waals surface area contributed by atoms with Crippen molar-refractivity contribution in [3.8, 4) is 0 Å². The minimum absolute atomic E-state index is 0.0416. The van der Waals surface area contributed by atoms with Gasteiger partial charge >= 0.3 is 0 Å². The summed E-state index contributed by atoms with van der Waals surface area (Å²) >= 11 is 0. The number of amides is 1. The standard InChI is InChI=1S/C15H18N2O3/c1-2-17(8-5-9-18)15(20)12-10-14(19)16-13-7-4-3-6-11(12)13/h3-4,6-7,10,18H,2,5,8-9H2,1H3,(H,16,19). The van der Waals surface area contributed by atoms with Crippen LogP contribution in [0.2, 0.25) is 0 Å². The van der Waals surface area contributed by atoms with Gasteiger partial charge in [-0.1, -0.05) is 18.2 Å². The Balaban J connectivity index is 2.45. The second-order valence-electron chi connectivity index (χ2n) is 4.55. The summed E-state index contributed by atoms with van der Waals surface area (Å²) in [7, 11) is 0. The fourth-order valence-electron chi connectivity index (χ4n) is 2.22. The lowest BCUT2D eigenvalue weighted by atomic mass is 10.1. The molecule has 0 atom stereocenters. The molecular weight excluding hydrogens is 256 g/mol. The van der Waals surface area contributed by atoms with Crippen molar-refractivity contribution in [2.45, 2.75) is 13.3 Å². The lowest BCUT2D eigenvalue weighted by molar-refractivity contribution is 0.0756. The molecule has 2 rings (SSSR count). The minimum atomic E-state index is -0.287. The maximum absolute atomic E-state index is 12.5. The number of benzene rings is 1. The number of carbonyl (C=O) groups excluding carboxylic acids is 1. The van der Waals surface area contributed by atoms with Crippen LogP contribution in [0.25, 0.3) is 10.9 Å². The predicted octanol–water partition coefficient (Wildman–Crippen LogP) is 1.37. The average molecular weight is 274 g/mol. The van der Waals surface area contributed by atoms with E-state index in [-0.39, 0.29) is 18.1 Å². The number of hydrogen-bond donors (Lipinski definition) is 2. The Morgan fingerprint density at radius 2 is 2.10 bits per heavy atom. The third-order valence-corrected chi connectivity index (χ3v) is 3.24. The molecule has 0 spiro atoms. The molecule has 0 fully saturated rings. The fraction of sp³-hybridized carbons (Fsp3) is 0.333. The Kier molecular flexibility index (Phi) is 4.53. The molecular formula is C15H18N2O3. The maximum Gasteiger partial charge on any atom is 0.254 e. The van der Waals surface area contributed by atoms with Gasteiger partial charge in [-0.2, -0.15) is 0 Å². The molecule has 0 bridgehead atoms. The molecule has 1 aromatic heterocycles. The van der Waals surface area contributed by atoms with Gasteiger partial charge in [0.05, 0.1) is 5.56 Å². The van der Waals surface area contributed by atoms with Crippen LogP contribution in [0.3, 0.4) is 0 Å². The van der Waals surface area contributed by atoms with Gasteiger partial charge < -0.3 is 15.0 Å². The van der Waals surface area contributed by atoms with Crippen LogP contribution in [-0.4, -0.2) is 40.6 Å². The number of aromatic nitrogens is 1. The van der Waals surface area contributed by atoms with E-state index >= 15 is 0 Å². The molecule has 5 heteroatoms. The number of hydrogen-bond acceptors (Lipinski definition) is 3. The number of rotatable bonds is 5. The van der Waals surface area contributed by atoms with Crippen LogP contribution >= 0.6 is 0 Å². The van der Waals surface area contributed by atoms with Crippen molar-refractivity contribution in [3.63, 3.8) is 0 Å². The van der Waals surface area contributed by atoms with E-state index < -0.39 is 0 Å². The maximum atomic E-state index is 12.5. The first kappa shape index (κ1) is 14.3. The first-order valence-electron chi connectivity index (χ1n) is 6.69. The zero-order valence-corrected chi connectivity index (χ0v) is 11.4. The normalized spacial score (nSPS) is 10.7. The van der Waals surface area contributed by atoms with Gasteiger partial charge in [-0.25, -0.2) is 0 Å². The number of nitrogens with zero attached hydrogens (tertiary/aromatic N) is 1. The number of pyridine rings is 1. The molecule has 0 saturated carbocycles. The minimum Gasteiger partial charge on any atom is -0.396 e. The van der Waals surface area contributed by atoms with E-state index in [1.165, 1.54) is 6.07 Å². The summed E-state index contributed by atoms with van der Waals surface area (Å²) in [6.07, 6.45) is 0.528. The van der Waals surface area contributed by atoms with Crippen molar-refractivity contribution >= 4 is 16.8 Å². The molecule has 0 saturated heterocycles. The summed E-state index contributed by atoms with van der Waals surface area (Å²) in [5.41, 5.74) is 0.774. The monoisotopic (exact) mass is 274 g/mol. The largest absolute Gasteiger partial charge is 0.396 e. The number of aliphatic hydroxyl groups excluding tert-OH is 1. The summed E-state index contributed by atoms with van der Waals surface area (Å²) in [6.45, 7) is 2.94. The van der Waals surface area contributed by atoms with E-state index in [4.69, 9.17) is 5.11 Å². The lowest BCUT2D eigenvalue weighted by Crippen LogP contribution is -2.33. The van der Waals surface area contributed by atoms with Crippen LogP contribution in [0.5, 0.6) is 0 Å². The Labute approximate surface area is 116 Å². The zero-order valence-electron chi connectivity index (χ0n) is 11.4. The number of H-pyrrole nitrogens is 1. The molecule has 0 radical (unpaired) electrons. The summed E-state index contributed by atoms with van der Waals surface area (Å²) in [5.74, 6) is -0.178. The molecule has 20 heavy (non-hydrogen) atoms. The second kappa shape index (κ2) is 6.34. The number of fused-ring (bicyclic) bond motifs is 1. The molecule has 0 aliphatic heterocycles. The zero-order chi connectivity index (χ0) is 14.5. The summed E-state index contributed by atoms with van der Waals surface area (Å²) < 4.78 is 0. The molecule has 0 aliphatic carbocycles. The van der Waals surface area contributed by atoms with Crippen molar-refractivity contribution in [2.24, 2.45) is 0 Å². The number of aliphatic hydroxyl groups is 1. The van der Waals surface area contributed by atoms with Gasteiger partial charge in [0, 0.05) is 36.7 Å². The number of nitrogens with one attached hydrogen (secondary N) is 1. The molecule has 5 nitrogen and oxygen atoms in total. The summed E-state index contributed by atoms with van der Waals surface area (Å²) in [6, 6.07) is 8.58. The van der Waals surface area contributed by atoms with Gasteiger partial charge in [0.15, 0.2) is 0 Å². The Morgan fingerprint density at radius 1 is 1.35 bits per heavy atom. The van der Waals surface area contributed by atoms with Gasteiger partial charge in [-0.15, -0.1) is 0 Å². The van der Waals surface area contributed by atoms with E-state index in [2.05, 4.69) is 4.98 Å². The lowest BCUT2D eigenvalue weighted by Gasteiger charge is -2.21. The van der Waals surface area contributed by atoms with Crippen LogP contribution in [0, 0.1) is 0 Å². The summed E-state index contributed by atoms with van der Waals surface area (Å²) in [5, 5.41) is 9.62. The van der Waals surface area contributed by atoms with Crippen LogP contribution < -0.4 is 5.56 Å². The first-order valence-corrected chi connectivity index (χ1v) is 6.69. The van der Waals surface area contributed by atoms with Crippen molar-refractivity contribution in [1.29, 1.82) is 0 Å². The average Bonchev–Trinajstić information content (AvgIpc) is 2.46.